The molecule has 0 atom stereocenters. The van der Waals surface area contributed by atoms with Crippen molar-refractivity contribution < 1.29 is 4.79 Å². The maximum Gasteiger partial charge on any atom is 0.193 e. The Labute approximate surface area is 119 Å². The van der Waals surface area contributed by atoms with Crippen molar-refractivity contribution >= 4 is 33.3 Å². The smallest absolute Gasteiger partial charge is 0.193 e. The van der Waals surface area contributed by atoms with E-state index in [2.05, 4.69) is 15.9 Å². The highest BCUT2D eigenvalue weighted by Crippen LogP contribution is 2.28. The van der Waals surface area contributed by atoms with Crippen LogP contribution in [0.25, 0.3) is 0 Å². The maximum absolute atomic E-state index is 12.5. The number of carbonyl (C=O) groups is 1. The van der Waals surface area contributed by atoms with Crippen LogP contribution in [0.4, 0.5) is 0 Å². The predicted molar refractivity (Wildman–Crippen MR) is 76.4 cm³/mol. The Morgan fingerprint density at radius 3 is 2.56 bits per heavy atom. The number of ketones is 1. The summed E-state index contributed by atoms with van der Waals surface area (Å²) in [4.78, 5) is 12.5. The second-order valence-corrected chi connectivity index (χ2v) is 5.78. The Kier molecular flexibility index (Phi) is 3.00. The fourth-order valence-corrected chi connectivity index (χ4v) is 2.94. The topological polar surface area (TPSA) is 17.1 Å². The Morgan fingerprint density at radius 1 is 0.944 bits per heavy atom. The first-order chi connectivity index (χ1) is 8.65. The first-order valence-electron chi connectivity index (χ1n) is 5.77. The molecule has 0 spiro atoms. The zero-order valence-electron chi connectivity index (χ0n) is 9.54. The highest BCUT2D eigenvalue weighted by atomic mass is 79.9. The van der Waals surface area contributed by atoms with Crippen LogP contribution in [-0.4, -0.2) is 5.78 Å². The van der Waals surface area contributed by atoms with E-state index in [0.717, 1.165) is 39.6 Å². The van der Waals surface area contributed by atoms with E-state index in [1.807, 2.05) is 30.3 Å². The molecule has 3 heteroatoms. The highest BCUT2D eigenvalue weighted by molar-refractivity contribution is 9.10. The van der Waals surface area contributed by atoms with Crippen LogP contribution in [0.1, 0.15) is 27.0 Å². The van der Waals surface area contributed by atoms with Gasteiger partial charge >= 0.3 is 0 Å². The Balaban J connectivity index is 2.20. The molecule has 0 saturated carbocycles. The molecule has 0 N–H and O–H groups in total. The van der Waals surface area contributed by atoms with E-state index < -0.39 is 0 Å². The monoisotopic (exact) mass is 320 g/mol. The summed E-state index contributed by atoms with van der Waals surface area (Å²) in [6, 6.07) is 11.4. The van der Waals surface area contributed by atoms with E-state index in [0.29, 0.717) is 5.02 Å². The van der Waals surface area contributed by atoms with Crippen molar-refractivity contribution in [2.45, 2.75) is 12.8 Å². The SMILES string of the molecule is O=C1c2ccc(Cl)cc2CCc2ccc(Br)cc21. The summed E-state index contributed by atoms with van der Waals surface area (Å²) >= 11 is 9.42. The molecule has 1 nitrogen and oxygen atoms in total. The summed E-state index contributed by atoms with van der Waals surface area (Å²) in [5.41, 5.74) is 3.72. The van der Waals surface area contributed by atoms with Gasteiger partial charge in [-0.05, 0) is 54.3 Å². The first-order valence-corrected chi connectivity index (χ1v) is 6.94. The molecule has 2 aromatic rings. The molecule has 0 aliphatic heterocycles. The van der Waals surface area contributed by atoms with Gasteiger partial charge in [-0.1, -0.05) is 33.6 Å². The summed E-state index contributed by atoms with van der Waals surface area (Å²) in [6.07, 6.45) is 1.73. The molecule has 18 heavy (non-hydrogen) atoms. The van der Waals surface area contributed by atoms with Crippen molar-refractivity contribution in [3.63, 3.8) is 0 Å². The van der Waals surface area contributed by atoms with Gasteiger partial charge in [0.25, 0.3) is 0 Å². The molecule has 2 aromatic carbocycles. The predicted octanol–water partition coefficient (Wildman–Crippen LogP) is 4.43. The van der Waals surface area contributed by atoms with Crippen LogP contribution in [0.15, 0.2) is 40.9 Å². The average Bonchev–Trinajstić information content (AvgIpc) is 2.48. The molecule has 3 rings (SSSR count). The molecular formula is C15H10BrClO. The Bertz CT molecular complexity index is 649. The lowest BCUT2D eigenvalue weighted by molar-refractivity contribution is 0.103. The van der Waals surface area contributed by atoms with Crippen LogP contribution in [0.2, 0.25) is 5.02 Å². The molecular weight excluding hydrogens is 312 g/mol. The fourth-order valence-electron chi connectivity index (χ4n) is 2.38. The number of benzene rings is 2. The summed E-state index contributed by atoms with van der Waals surface area (Å²) in [6.45, 7) is 0. The molecule has 0 fully saturated rings. The van der Waals surface area contributed by atoms with Crippen LogP contribution in [0, 0.1) is 0 Å². The van der Waals surface area contributed by atoms with Crippen LogP contribution < -0.4 is 0 Å². The normalized spacial score (nSPS) is 13.8. The number of aryl methyl sites for hydroxylation is 2. The van der Waals surface area contributed by atoms with E-state index in [4.69, 9.17) is 11.6 Å². The van der Waals surface area contributed by atoms with Crippen molar-refractivity contribution in [1.82, 2.24) is 0 Å². The van der Waals surface area contributed by atoms with Crippen molar-refractivity contribution in [3.05, 3.63) is 68.1 Å². The largest absolute Gasteiger partial charge is 0.289 e. The fraction of sp³-hybridized carbons (Fsp3) is 0.133. The third kappa shape index (κ3) is 2.00. The van der Waals surface area contributed by atoms with Crippen molar-refractivity contribution in [2.75, 3.05) is 0 Å². The highest BCUT2D eigenvalue weighted by Gasteiger charge is 2.21. The molecule has 0 amide bonds. The van der Waals surface area contributed by atoms with Crippen LogP contribution in [0.3, 0.4) is 0 Å². The number of carbonyl (C=O) groups excluding carboxylic acids is 1. The number of rotatable bonds is 0. The number of hydrogen-bond acceptors (Lipinski definition) is 1. The second-order valence-electron chi connectivity index (χ2n) is 4.43. The van der Waals surface area contributed by atoms with Gasteiger partial charge in [-0.15, -0.1) is 0 Å². The van der Waals surface area contributed by atoms with E-state index in [1.165, 1.54) is 0 Å². The molecule has 1 aliphatic carbocycles. The minimum atomic E-state index is 0.0930. The van der Waals surface area contributed by atoms with Crippen LogP contribution in [-0.2, 0) is 12.8 Å². The van der Waals surface area contributed by atoms with E-state index in [-0.39, 0.29) is 5.78 Å². The summed E-state index contributed by atoms with van der Waals surface area (Å²) < 4.78 is 0.937. The second kappa shape index (κ2) is 4.52. The van der Waals surface area contributed by atoms with Gasteiger partial charge < -0.3 is 0 Å². The lowest BCUT2D eigenvalue weighted by atomic mass is 9.99. The zero-order chi connectivity index (χ0) is 12.7. The van der Waals surface area contributed by atoms with Gasteiger partial charge in [-0.3, -0.25) is 4.79 Å². The molecule has 0 bridgehead atoms. The van der Waals surface area contributed by atoms with Crippen LogP contribution in [0.5, 0.6) is 0 Å². The molecule has 0 unspecified atom stereocenters. The standard InChI is InChI=1S/C15H10BrClO/c16-11-4-3-9-1-2-10-7-12(17)5-6-13(10)15(18)14(9)8-11/h3-8H,1-2H2. The number of halogens is 2. The van der Waals surface area contributed by atoms with Crippen molar-refractivity contribution in [3.8, 4) is 0 Å². The minimum absolute atomic E-state index is 0.0930. The number of fused-ring (bicyclic) bond motifs is 2. The third-order valence-electron chi connectivity index (χ3n) is 3.29. The summed E-state index contributed by atoms with van der Waals surface area (Å²) in [7, 11) is 0. The molecule has 0 radical (unpaired) electrons. The van der Waals surface area contributed by atoms with Gasteiger partial charge in [-0.2, -0.15) is 0 Å². The van der Waals surface area contributed by atoms with Gasteiger partial charge in [0.15, 0.2) is 5.78 Å². The summed E-state index contributed by atoms with van der Waals surface area (Å²) in [5.74, 6) is 0.0930. The van der Waals surface area contributed by atoms with E-state index in [1.54, 1.807) is 6.07 Å². The Morgan fingerprint density at radius 2 is 1.72 bits per heavy atom. The lowest BCUT2D eigenvalue weighted by Crippen LogP contribution is -2.04. The van der Waals surface area contributed by atoms with Crippen molar-refractivity contribution in [2.24, 2.45) is 0 Å². The molecule has 0 saturated heterocycles. The van der Waals surface area contributed by atoms with Gasteiger partial charge in [0.05, 0.1) is 0 Å². The average molecular weight is 322 g/mol. The van der Waals surface area contributed by atoms with Gasteiger partial charge in [0.1, 0.15) is 0 Å². The van der Waals surface area contributed by atoms with Gasteiger partial charge in [0, 0.05) is 20.6 Å². The third-order valence-corrected chi connectivity index (χ3v) is 4.02. The molecule has 1 aliphatic rings. The van der Waals surface area contributed by atoms with E-state index >= 15 is 0 Å². The number of hydrogen-bond donors (Lipinski definition) is 0. The quantitative estimate of drug-likeness (QED) is 0.701. The summed E-state index contributed by atoms with van der Waals surface area (Å²) in [5, 5.41) is 0.689. The molecule has 90 valence electrons. The molecule has 0 heterocycles. The van der Waals surface area contributed by atoms with Crippen molar-refractivity contribution in [1.29, 1.82) is 0 Å². The lowest BCUT2D eigenvalue weighted by Gasteiger charge is -2.05. The maximum atomic E-state index is 12.5. The minimum Gasteiger partial charge on any atom is -0.289 e. The van der Waals surface area contributed by atoms with Gasteiger partial charge in [0.2, 0.25) is 0 Å². The van der Waals surface area contributed by atoms with Gasteiger partial charge in [-0.25, -0.2) is 0 Å². The zero-order valence-corrected chi connectivity index (χ0v) is 11.9. The van der Waals surface area contributed by atoms with Crippen LogP contribution >= 0.6 is 27.5 Å². The van der Waals surface area contributed by atoms with E-state index in [9.17, 15) is 4.79 Å². The first kappa shape index (κ1) is 11.9. The molecule has 0 aromatic heterocycles. The Hall–Kier alpha value is -1.12.